The van der Waals surface area contributed by atoms with E-state index in [0.717, 1.165) is 31.2 Å². The molecule has 5 heteroatoms. The number of unbranched alkanes of at least 4 members (excludes halogenated alkanes) is 1. The van der Waals surface area contributed by atoms with Crippen molar-refractivity contribution in [2.75, 3.05) is 6.61 Å². The first-order valence-electron chi connectivity index (χ1n) is 7.61. The molecule has 0 bridgehead atoms. The van der Waals surface area contributed by atoms with Gasteiger partial charge in [-0.25, -0.2) is 9.59 Å². The van der Waals surface area contributed by atoms with Gasteiger partial charge in [-0.15, -0.1) is 0 Å². The van der Waals surface area contributed by atoms with Gasteiger partial charge >= 0.3 is 12.1 Å². The van der Waals surface area contributed by atoms with Gasteiger partial charge in [-0.2, -0.15) is 0 Å². The number of hydrogen-bond donors (Lipinski definition) is 2. The van der Waals surface area contributed by atoms with Gasteiger partial charge in [0.25, 0.3) is 0 Å². The van der Waals surface area contributed by atoms with E-state index in [9.17, 15) is 9.59 Å². The van der Waals surface area contributed by atoms with Crippen LogP contribution in [0.3, 0.4) is 0 Å². The highest BCUT2D eigenvalue weighted by molar-refractivity contribution is 5.87. The third-order valence-electron chi connectivity index (χ3n) is 3.41. The molecule has 2 N–H and O–H groups in total. The lowest BCUT2D eigenvalue weighted by atomic mass is 9.95. The Labute approximate surface area is 131 Å². The SMILES string of the molecule is CCCCOC(=O)NC(C)(C)CCc1ccc(C(=O)O)cc1. The summed E-state index contributed by atoms with van der Waals surface area (Å²) >= 11 is 0. The van der Waals surface area contributed by atoms with Crippen molar-refractivity contribution >= 4 is 12.1 Å². The fourth-order valence-electron chi connectivity index (χ4n) is 1.95. The van der Waals surface area contributed by atoms with Crippen LogP contribution in [0.5, 0.6) is 0 Å². The van der Waals surface area contributed by atoms with Crippen LogP contribution in [0, 0.1) is 0 Å². The first-order valence-corrected chi connectivity index (χ1v) is 7.61. The second-order valence-electron chi connectivity index (χ2n) is 6.00. The summed E-state index contributed by atoms with van der Waals surface area (Å²) in [4.78, 5) is 22.5. The maximum absolute atomic E-state index is 11.7. The summed E-state index contributed by atoms with van der Waals surface area (Å²) in [5.74, 6) is -0.927. The average molecular weight is 307 g/mol. The smallest absolute Gasteiger partial charge is 0.407 e. The van der Waals surface area contributed by atoms with Gasteiger partial charge in [0.15, 0.2) is 0 Å². The molecule has 0 atom stereocenters. The maximum atomic E-state index is 11.7. The molecule has 0 radical (unpaired) electrons. The van der Waals surface area contributed by atoms with E-state index in [1.807, 2.05) is 20.8 Å². The second-order valence-corrected chi connectivity index (χ2v) is 6.00. The van der Waals surface area contributed by atoms with E-state index in [-0.39, 0.29) is 17.2 Å². The number of alkyl carbamates (subject to hydrolysis) is 1. The van der Waals surface area contributed by atoms with Crippen molar-refractivity contribution in [1.82, 2.24) is 5.32 Å². The Morgan fingerprint density at radius 3 is 2.41 bits per heavy atom. The van der Waals surface area contributed by atoms with Gasteiger partial charge in [0.05, 0.1) is 12.2 Å². The fraction of sp³-hybridized carbons (Fsp3) is 0.529. The number of amides is 1. The molecule has 5 nitrogen and oxygen atoms in total. The highest BCUT2D eigenvalue weighted by Gasteiger charge is 2.21. The number of carboxylic acid groups (broad SMARTS) is 1. The monoisotopic (exact) mass is 307 g/mol. The van der Waals surface area contributed by atoms with Crippen molar-refractivity contribution in [2.24, 2.45) is 0 Å². The van der Waals surface area contributed by atoms with Gasteiger partial charge in [0.2, 0.25) is 0 Å². The van der Waals surface area contributed by atoms with Crippen LogP contribution in [0.2, 0.25) is 0 Å². The fourth-order valence-corrected chi connectivity index (χ4v) is 1.95. The zero-order valence-corrected chi connectivity index (χ0v) is 13.5. The molecule has 0 unspecified atom stereocenters. The number of aromatic carboxylic acids is 1. The van der Waals surface area contributed by atoms with Gasteiger partial charge in [-0.1, -0.05) is 25.5 Å². The molecule has 1 aromatic carbocycles. The first-order chi connectivity index (χ1) is 10.3. The van der Waals surface area contributed by atoms with Crippen molar-refractivity contribution in [3.05, 3.63) is 35.4 Å². The lowest BCUT2D eigenvalue weighted by Crippen LogP contribution is -2.44. The number of carboxylic acids is 1. The first kappa shape index (κ1) is 18.0. The molecule has 1 amide bonds. The molecule has 1 rings (SSSR count). The lowest BCUT2D eigenvalue weighted by Gasteiger charge is -2.26. The van der Waals surface area contributed by atoms with Gasteiger partial charge in [0, 0.05) is 5.54 Å². The normalized spacial score (nSPS) is 11.0. The molecule has 122 valence electrons. The van der Waals surface area contributed by atoms with Gasteiger partial charge in [0.1, 0.15) is 0 Å². The number of carbonyl (C=O) groups excluding carboxylic acids is 1. The average Bonchev–Trinajstić information content (AvgIpc) is 2.45. The van der Waals surface area contributed by atoms with E-state index in [0.29, 0.717) is 6.61 Å². The molecule has 0 saturated carbocycles. The molecule has 0 saturated heterocycles. The van der Waals surface area contributed by atoms with Gasteiger partial charge < -0.3 is 15.2 Å². The molecule has 1 aromatic rings. The molecular formula is C17H25NO4. The van der Waals surface area contributed by atoms with E-state index in [1.165, 1.54) is 0 Å². The number of rotatable bonds is 8. The quantitative estimate of drug-likeness (QED) is 0.719. The number of ether oxygens (including phenoxy) is 1. The topological polar surface area (TPSA) is 75.6 Å². The predicted octanol–water partition coefficient (Wildman–Crippen LogP) is 3.62. The van der Waals surface area contributed by atoms with Crippen molar-refractivity contribution in [3.8, 4) is 0 Å². The minimum atomic E-state index is -0.927. The summed E-state index contributed by atoms with van der Waals surface area (Å²) in [6, 6.07) is 6.80. The molecule has 0 spiro atoms. The lowest BCUT2D eigenvalue weighted by molar-refractivity contribution is 0.0696. The molecule has 0 heterocycles. The molecule has 0 aromatic heterocycles. The van der Waals surface area contributed by atoms with Crippen LogP contribution in [0.1, 0.15) is 56.0 Å². The van der Waals surface area contributed by atoms with Crippen LogP contribution < -0.4 is 5.32 Å². The zero-order chi connectivity index (χ0) is 16.6. The molecular weight excluding hydrogens is 282 g/mol. The van der Waals surface area contributed by atoms with Crippen molar-refractivity contribution in [3.63, 3.8) is 0 Å². The molecule has 0 fully saturated rings. The molecule has 0 aliphatic rings. The Balaban J connectivity index is 2.44. The Bertz CT molecular complexity index is 494. The number of aryl methyl sites for hydroxylation is 1. The summed E-state index contributed by atoms with van der Waals surface area (Å²) < 4.78 is 5.10. The summed E-state index contributed by atoms with van der Waals surface area (Å²) in [5, 5.41) is 11.7. The highest BCUT2D eigenvalue weighted by Crippen LogP contribution is 2.15. The standard InChI is InChI=1S/C17H25NO4/c1-4-5-12-22-16(21)18-17(2,3)11-10-13-6-8-14(9-7-13)15(19)20/h6-9H,4-5,10-12H2,1-3H3,(H,18,21)(H,19,20). The van der Waals surface area contributed by atoms with Crippen LogP contribution in [0.4, 0.5) is 4.79 Å². The third-order valence-corrected chi connectivity index (χ3v) is 3.41. The van der Waals surface area contributed by atoms with Crippen LogP contribution in [-0.2, 0) is 11.2 Å². The summed E-state index contributed by atoms with van der Waals surface area (Å²) in [6.07, 6.45) is 2.96. The van der Waals surface area contributed by atoms with Gasteiger partial charge in [-0.05, 0) is 50.8 Å². The Morgan fingerprint density at radius 2 is 1.86 bits per heavy atom. The van der Waals surface area contributed by atoms with E-state index >= 15 is 0 Å². The highest BCUT2D eigenvalue weighted by atomic mass is 16.5. The third kappa shape index (κ3) is 6.61. The molecule has 0 aliphatic heterocycles. The minimum absolute atomic E-state index is 0.278. The van der Waals surface area contributed by atoms with E-state index < -0.39 is 5.97 Å². The van der Waals surface area contributed by atoms with Crippen LogP contribution in [0.15, 0.2) is 24.3 Å². The second kappa shape index (κ2) is 8.41. The minimum Gasteiger partial charge on any atom is -0.478 e. The zero-order valence-electron chi connectivity index (χ0n) is 13.5. The summed E-state index contributed by atoms with van der Waals surface area (Å²) in [7, 11) is 0. The summed E-state index contributed by atoms with van der Waals surface area (Å²) in [5.41, 5.74) is 0.939. The van der Waals surface area contributed by atoms with E-state index in [2.05, 4.69) is 5.32 Å². The molecule has 22 heavy (non-hydrogen) atoms. The number of carbonyl (C=O) groups is 2. The number of hydrogen-bond acceptors (Lipinski definition) is 3. The van der Waals surface area contributed by atoms with Crippen molar-refractivity contribution < 1.29 is 19.4 Å². The maximum Gasteiger partial charge on any atom is 0.407 e. The van der Waals surface area contributed by atoms with Crippen molar-refractivity contribution in [1.29, 1.82) is 0 Å². The van der Waals surface area contributed by atoms with E-state index in [4.69, 9.17) is 9.84 Å². The number of nitrogens with one attached hydrogen (secondary N) is 1. The van der Waals surface area contributed by atoms with Gasteiger partial charge in [-0.3, -0.25) is 0 Å². The Morgan fingerprint density at radius 1 is 1.23 bits per heavy atom. The van der Waals surface area contributed by atoms with Crippen molar-refractivity contribution in [2.45, 2.75) is 52.0 Å². The van der Waals surface area contributed by atoms with Crippen LogP contribution >= 0.6 is 0 Å². The summed E-state index contributed by atoms with van der Waals surface area (Å²) in [6.45, 7) is 6.37. The molecule has 0 aliphatic carbocycles. The Hall–Kier alpha value is -2.04. The van der Waals surface area contributed by atoms with E-state index in [1.54, 1.807) is 24.3 Å². The van der Waals surface area contributed by atoms with Crippen LogP contribution in [0.25, 0.3) is 0 Å². The Kier molecular flexibility index (Phi) is 6.89. The largest absolute Gasteiger partial charge is 0.478 e. The van der Waals surface area contributed by atoms with Crippen LogP contribution in [-0.4, -0.2) is 29.3 Å². The number of benzene rings is 1. The predicted molar refractivity (Wildman–Crippen MR) is 85.2 cm³/mol.